The topological polar surface area (TPSA) is 67.8 Å². The summed E-state index contributed by atoms with van der Waals surface area (Å²) in [5, 5.41) is 12.4. The fourth-order valence-corrected chi connectivity index (χ4v) is 3.10. The molecule has 0 aliphatic heterocycles. The van der Waals surface area contributed by atoms with Crippen LogP contribution in [0.5, 0.6) is 11.5 Å². The number of hydrogen-bond donors (Lipinski definition) is 2. The lowest BCUT2D eigenvalue weighted by atomic mass is 10.1. The van der Waals surface area contributed by atoms with Crippen molar-refractivity contribution < 1.29 is 19.4 Å². The minimum atomic E-state index is -0.925. The van der Waals surface area contributed by atoms with Gasteiger partial charge in [0.15, 0.2) is 11.5 Å². The number of benzene rings is 3. The van der Waals surface area contributed by atoms with Crippen LogP contribution in [0.15, 0.2) is 60.7 Å². The summed E-state index contributed by atoms with van der Waals surface area (Å²) in [4.78, 5) is 11.1. The summed E-state index contributed by atoms with van der Waals surface area (Å²) in [6.07, 6.45) is 0. The molecule has 0 saturated carbocycles. The van der Waals surface area contributed by atoms with Crippen molar-refractivity contribution in [2.75, 3.05) is 12.4 Å². The van der Waals surface area contributed by atoms with Gasteiger partial charge in [0.25, 0.3) is 0 Å². The SMILES string of the molecule is COc1cc(CNc2ccc(C(=O)O)cc2C)ccc1OCc1cccc(C)c1. The first-order valence-electron chi connectivity index (χ1n) is 9.39. The molecule has 0 aliphatic carbocycles. The number of hydrogen-bond acceptors (Lipinski definition) is 4. The summed E-state index contributed by atoms with van der Waals surface area (Å²) >= 11 is 0. The Morgan fingerprint density at radius 2 is 1.79 bits per heavy atom. The molecule has 0 saturated heterocycles. The molecule has 29 heavy (non-hydrogen) atoms. The number of anilines is 1. The number of nitrogens with one attached hydrogen (secondary N) is 1. The molecule has 0 amide bonds. The molecule has 0 heterocycles. The number of carboxylic acid groups (broad SMARTS) is 1. The van der Waals surface area contributed by atoms with Crippen molar-refractivity contribution in [2.45, 2.75) is 27.0 Å². The summed E-state index contributed by atoms with van der Waals surface area (Å²) in [5.41, 5.74) is 5.41. The van der Waals surface area contributed by atoms with Crippen molar-refractivity contribution in [2.24, 2.45) is 0 Å². The molecule has 0 radical (unpaired) electrons. The molecule has 3 aromatic rings. The average molecular weight is 391 g/mol. The van der Waals surface area contributed by atoms with Crippen molar-refractivity contribution >= 4 is 11.7 Å². The third-order valence-electron chi connectivity index (χ3n) is 4.66. The van der Waals surface area contributed by atoms with Crippen LogP contribution in [0.4, 0.5) is 5.69 Å². The van der Waals surface area contributed by atoms with Crippen LogP contribution in [-0.2, 0) is 13.2 Å². The number of rotatable bonds is 8. The molecule has 0 unspecified atom stereocenters. The van der Waals surface area contributed by atoms with E-state index in [4.69, 9.17) is 14.6 Å². The Morgan fingerprint density at radius 1 is 0.966 bits per heavy atom. The highest BCUT2D eigenvalue weighted by Crippen LogP contribution is 2.29. The number of aromatic carboxylic acids is 1. The van der Waals surface area contributed by atoms with Gasteiger partial charge >= 0.3 is 5.97 Å². The van der Waals surface area contributed by atoms with Crippen LogP contribution in [-0.4, -0.2) is 18.2 Å². The lowest BCUT2D eigenvalue weighted by Crippen LogP contribution is -2.04. The summed E-state index contributed by atoms with van der Waals surface area (Å²) in [7, 11) is 1.63. The van der Waals surface area contributed by atoms with E-state index in [0.717, 1.165) is 22.4 Å². The fraction of sp³-hybridized carbons (Fsp3) is 0.208. The maximum Gasteiger partial charge on any atom is 0.335 e. The Balaban J connectivity index is 1.66. The molecule has 150 valence electrons. The quantitative estimate of drug-likeness (QED) is 0.552. The summed E-state index contributed by atoms with van der Waals surface area (Å²) in [6, 6.07) is 19.1. The predicted octanol–water partition coefficient (Wildman–Crippen LogP) is 5.20. The monoisotopic (exact) mass is 391 g/mol. The zero-order valence-corrected chi connectivity index (χ0v) is 16.9. The van der Waals surface area contributed by atoms with Crippen LogP contribution >= 0.6 is 0 Å². The molecule has 0 aliphatic rings. The lowest BCUT2D eigenvalue weighted by Gasteiger charge is -2.14. The summed E-state index contributed by atoms with van der Waals surface area (Å²) in [5.74, 6) is 0.445. The largest absolute Gasteiger partial charge is 0.493 e. The van der Waals surface area contributed by atoms with Gasteiger partial charge in [-0.1, -0.05) is 35.9 Å². The standard InChI is InChI=1S/C24H25NO4/c1-16-5-4-6-19(11-16)15-29-22-10-7-18(13-23(22)28-3)14-25-21-9-8-20(24(26)27)12-17(21)2/h4-13,25H,14-15H2,1-3H3,(H,26,27). The minimum absolute atomic E-state index is 0.282. The first-order valence-corrected chi connectivity index (χ1v) is 9.39. The molecule has 5 nitrogen and oxygen atoms in total. The number of ether oxygens (including phenoxy) is 2. The fourth-order valence-electron chi connectivity index (χ4n) is 3.10. The highest BCUT2D eigenvalue weighted by atomic mass is 16.5. The average Bonchev–Trinajstić information content (AvgIpc) is 2.71. The molecular formula is C24H25NO4. The lowest BCUT2D eigenvalue weighted by molar-refractivity contribution is 0.0697. The van der Waals surface area contributed by atoms with Crippen LogP contribution in [0.25, 0.3) is 0 Å². The molecule has 0 fully saturated rings. The highest BCUT2D eigenvalue weighted by molar-refractivity contribution is 5.88. The van der Waals surface area contributed by atoms with Gasteiger partial charge in [-0.15, -0.1) is 0 Å². The first kappa shape index (κ1) is 20.3. The Bertz CT molecular complexity index is 1010. The van der Waals surface area contributed by atoms with Gasteiger partial charge in [0.2, 0.25) is 0 Å². The summed E-state index contributed by atoms with van der Waals surface area (Å²) in [6.45, 7) is 5.01. The van der Waals surface area contributed by atoms with E-state index in [1.54, 1.807) is 25.3 Å². The first-order chi connectivity index (χ1) is 14.0. The van der Waals surface area contributed by atoms with Gasteiger partial charge in [0.1, 0.15) is 6.61 Å². The molecule has 0 atom stereocenters. The molecule has 2 N–H and O–H groups in total. The van der Waals surface area contributed by atoms with Crippen molar-refractivity contribution in [3.8, 4) is 11.5 Å². The maximum atomic E-state index is 11.1. The predicted molar refractivity (Wildman–Crippen MR) is 114 cm³/mol. The van der Waals surface area contributed by atoms with E-state index in [1.165, 1.54) is 5.56 Å². The van der Waals surface area contributed by atoms with Gasteiger partial charge < -0.3 is 19.9 Å². The number of aryl methyl sites for hydroxylation is 2. The molecule has 0 bridgehead atoms. The molecule has 5 heteroatoms. The second kappa shape index (κ2) is 9.15. The second-order valence-electron chi connectivity index (χ2n) is 6.95. The van der Waals surface area contributed by atoms with Gasteiger partial charge in [-0.25, -0.2) is 4.79 Å². The van der Waals surface area contributed by atoms with Gasteiger partial charge in [-0.05, 0) is 60.9 Å². The Labute approximate surface area is 170 Å². The third-order valence-corrected chi connectivity index (χ3v) is 4.66. The highest BCUT2D eigenvalue weighted by Gasteiger charge is 2.08. The van der Waals surface area contributed by atoms with Crippen LogP contribution < -0.4 is 14.8 Å². The van der Waals surface area contributed by atoms with Crippen molar-refractivity contribution in [1.29, 1.82) is 0 Å². The summed E-state index contributed by atoms with van der Waals surface area (Å²) < 4.78 is 11.4. The molecular weight excluding hydrogens is 366 g/mol. The third kappa shape index (κ3) is 5.29. The van der Waals surface area contributed by atoms with E-state index in [-0.39, 0.29) is 5.56 Å². The number of carbonyl (C=O) groups is 1. The molecule has 0 aromatic heterocycles. The van der Waals surface area contributed by atoms with Crippen LogP contribution in [0.1, 0.15) is 32.6 Å². The van der Waals surface area contributed by atoms with Crippen molar-refractivity contribution in [1.82, 2.24) is 0 Å². The zero-order chi connectivity index (χ0) is 20.8. The van der Waals surface area contributed by atoms with E-state index in [2.05, 4.69) is 24.4 Å². The van der Waals surface area contributed by atoms with Crippen LogP contribution in [0.2, 0.25) is 0 Å². The molecule has 3 aromatic carbocycles. The van der Waals surface area contributed by atoms with Gasteiger partial charge in [0.05, 0.1) is 12.7 Å². The normalized spacial score (nSPS) is 10.4. The van der Waals surface area contributed by atoms with Crippen LogP contribution in [0.3, 0.4) is 0 Å². The maximum absolute atomic E-state index is 11.1. The van der Waals surface area contributed by atoms with Gasteiger partial charge in [0, 0.05) is 12.2 Å². The zero-order valence-electron chi connectivity index (χ0n) is 16.9. The Kier molecular flexibility index (Phi) is 6.39. The number of methoxy groups -OCH3 is 1. The van der Waals surface area contributed by atoms with E-state index >= 15 is 0 Å². The van der Waals surface area contributed by atoms with E-state index in [9.17, 15) is 4.79 Å². The van der Waals surface area contributed by atoms with Gasteiger partial charge in [-0.2, -0.15) is 0 Å². The smallest absolute Gasteiger partial charge is 0.335 e. The Hall–Kier alpha value is -3.47. The second-order valence-corrected chi connectivity index (χ2v) is 6.95. The molecule has 0 spiro atoms. The Morgan fingerprint density at radius 3 is 2.48 bits per heavy atom. The molecule has 3 rings (SSSR count). The number of carboxylic acids is 1. The van der Waals surface area contributed by atoms with E-state index in [0.29, 0.717) is 24.7 Å². The van der Waals surface area contributed by atoms with Gasteiger partial charge in [-0.3, -0.25) is 0 Å². The van der Waals surface area contributed by atoms with E-state index in [1.807, 2.05) is 37.3 Å². The van der Waals surface area contributed by atoms with Crippen molar-refractivity contribution in [3.05, 3.63) is 88.5 Å². The van der Waals surface area contributed by atoms with Crippen LogP contribution in [0, 0.1) is 13.8 Å². The minimum Gasteiger partial charge on any atom is -0.493 e. The van der Waals surface area contributed by atoms with E-state index < -0.39 is 5.97 Å². The van der Waals surface area contributed by atoms with Crippen molar-refractivity contribution in [3.63, 3.8) is 0 Å².